The topological polar surface area (TPSA) is 110 Å². The summed E-state index contributed by atoms with van der Waals surface area (Å²) in [6.07, 6.45) is 0. The van der Waals surface area contributed by atoms with E-state index in [1.807, 2.05) is 13.8 Å². The summed E-state index contributed by atoms with van der Waals surface area (Å²) in [6.45, 7) is 4.47. The zero-order chi connectivity index (χ0) is 22.1. The van der Waals surface area contributed by atoms with Gasteiger partial charge in [0.05, 0.1) is 16.9 Å². The molecule has 160 valence electrons. The van der Waals surface area contributed by atoms with Gasteiger partial charge in [-0.15, -0.1) is 0 Å². The fraction of sp³-hybridized carbons (Fsp3) is 0.350. The maximum absolute atomic E-state index is 12.9. The summed E-state index contributed by atoms with van der Waals surface area (Å²) in [5, 5.41) is 11.2. The van der Waals surface area contributed by atoms with Crippen LogP contribution in [0.2, 0.25) is 0 Å². The minimum atomic E-state index is -3.65. The molecule has 9 nitrogen and oxygen atoms in total. The van der Waals surface area contributed by atoms with Gasteiger partial charge in [-0.3, -0.25) is 14.9 Å². The van der Waals surface area contributed by atoms with E-state index in [0.29, 0.717) is 0 Å². The van der Waals surface area contributed by atoms with E-state index in [9.17, 15) is 23.3 Å². The van der Waals surface area contributed by atoms with Crippen molar-refractivity contribution >= 4 is 21.6 Å². The molecular weight excluding hydrogens is 410 g/mol. The number of benzene rings is 2. The number of carbonyl (C=O) groups excluding carboxylic acids is 1. The lowest BCUT2D eigenvalue weighted by Crippen LogP contribution is -2.50. The molecule has 0 spiro atoms. The van der Waals surface area contributed by atoms with Crippen molar-refractivity contribution in [1.29, 1.82) is 0 Å². The van der Waals surface area contributed by atoms with Gasteiger partial charge in [0.2, 0.25) is 10.0 Å². The van der Waals surface area contributed by atoms with E-state index in [2.05, 4.69) is 0 Å². The van der Waals surface area contributed by atoms with E-state index >= 15 is 0 Å². The van der Waals surface area contributed by atoms with E-state index in [0.717, 1.165) is 11.1 Å². The van der Waals surface area contributed by atoms with Crippen LogP contribution in [0.3, 0.4) is 0 Å². The minimum Gasteiger partial charge on any atom is -0.490 e. The monoisotopic (exact) mass is 433 g/mol. The molecule has 0 atom stereocenters. The molecule has 0 saturated carbocycles. The molecule has 0 unspecified atom stereocenters. The van der Waals surface area contributed by atoms with Gasteiger partial charge in [-0.1, -0.05) is 6.07 Å². The molecular formula is C20H23N3O6S. The maximum Gasteiger partial charge on any atom is 0.311 e. The van der Waals surface area contributed by atoms with Crippen LogP contribution < -0.4 is 4.74 Å². The summed E-state index contributed by atoms with van der Waals surface area (Å²) in [5.41, 5.74) is 1.77. The first-order chi connectivity index (χ1) is 14.1. The predicted molar refractivity (Wildman–Crippen MR) is 110 cm³/mol. The Labute approximate surface area is 175 Å². The average Bonchev–Trinajstić information content (AvgIpc) is 2.74. The number of amides is 1. The Morgan fingerprint density at radius 1 is 1.03 bits per heavy atom. The Kier molecular flexibility index (Phi) is 6.09. The number of piperazine rings is 1. The Hall–Kier alpha value is -2.98. The van der Waals surface area contributed by atoms with Gasteiger partial charge in [0.1, 0.15) is 0 Å². The van der Waals surface area contributed by atoms with Crippen molar-refractivity contribution < 1.29 is 22.9 Å². The molecule has 0 N–H and O–H groups in total. The van der Waals surface area contributed by atoms with Crippen LogP contribution in [0.5, 0.6) is 5.75 Å². The van der Waals surface area contributed by atoms with Crippen LogP contribution in [0.4, 0.5) is 5.69 Å². The summed E-state index contributed by atoms with van der Waals surface area (Å²) in [7, 11) is -2.33. The lowest BCUT2D eigenvalue weighted by atomic mass is 10.1. The number of hydrogen-bond acceptors (Lipinski definition) is 6. The highest BCUT2D eigenvalue weighted by molar-refractivity contribution is 7.89. The molecule has 1 aliphatic rings. The fourth-order valence-corrected chi connectivity index (χ4v) is 4.81. The van der Waals surface area contributed by atoms with E-state index in [1.165, 1.54) is 34.5 Å². The summed E-state index contributed by atoms with van der Waals surface area (Å²) in [4.78, 5) is 25.1. The number of sulfonamides is 1. The van der Waals surface area contributed by atoms with Gasteiger partial charge in [0, 0.05) is 37.8 Å². The molecule has 1 amide bonds. The van der Waals surface area contributed by atoms with Crippen molar-refractivity contribution in [2.45, 2.75) is 18.7 Å². The second-order valence-electron chi connectivity index (χ2n) is 7.09. The molecule has 0 bridgehead atoms. The molecule has 0 radical (unpaired) electrons. The van der Waals surface area contributed by atoms with Crippen molar-refractivity contribution in [3.8, 4) is 5.75 Å². The Morgan fingerprint density at radius 2 is 1.70 bits per heavy atom. The Bertz CT molecular complexity index is 1090. The number of nitrogens with zero attached hydrogens (tertiary/aromatic N) is 3. The minimum absolute atomic E-state index is 0.0702. The summed E-state index contributed by atoms with van der Waals surface area (Å²) in [5.74, 6) is -0.315. The number of methoxy groups -OCH3 is 1. The number of aryl methyl sites for hydroxylation is 2. The lowest BCUT2D eigenvalue weighted by molar-refractivity contribution is -0.385. The first-order valence-corrected chi connectivity index (χ1v) is 10.8. The van der Waals surface area contributed by atoms with Crippen molar-refractivity contribution in [3.05, 3.63) is 63.2 Å². The standard InChI is InChI=1S/C20H23N3O6S/c1-14-4-6-17(12-15(14)2)30(27,28)22-10-8-21(9-11-22)20(24)16-5-7-19(29-3)18(13-16)23(25)26/h4-7,12-13H,8-11H2,1-3H3. The van der Waals surface area contributed by atoms with E-state index in [4.69, 9.17) is 4.74 Å². The molecule has 1 heterocycles. The number of nitro benzene ring substituents is 1. The van der Waals surface area contributed by atoms with Crippen molar-refractivity contribution in [2.75, 3.05) is 33.3 Å². The van der Waals surface area contributed by atoms with E-state index in [1.54, 1.807) is 18.2 Å². The maximum atomic E-state index is 12.9. The first-order valence-electron chi connectivity index (χ1n) is 9.34. The molecule has 1 saturated heterocycles. The van der Waals surface area contributed by atoms with Gasteiger partial charge in [0.15, 0.2) is 5.75 Å². The molecule has 10 heteroatoms. The van der Waals surface area contributed by atoms with Crippen LogP contribution >= 0.6 is 0 Å². The summed E-state index contributed by atoms with van der Waals surface area (Å²) < 4.78 is 32.2. The van der Waals surface area contributed by atoms with Crippen LogP contribution in [0, 0.1) is 24.0 Å². The molecule has 1 fully saturated rings. The third-order valence-corrected chi connectivity index (χ3v) is 7.16. The van der Waals surface area contributed by atoms with Gasteiger partial charge in [-0.25, -0.2) is 8.42 Å². The summed E-state index contributed by atoms with van der Waals surface area (Å²) in [6, 6.07) is 9.04. The molecule has 0 aromatic heterocycles. The van der Waals surface area contributed by atoms with Crippen LogP contribution in [0.1, 0.15) is 21.5 Å². The second kappa shape index (κ2) is 8.41. The normalized spacial score (nSPS) is 15.1. The average molecular weight is 433 g/mol. The first kappa shape index (κ1) is 21.7. The number of carbonyl (C=O) groups is 1. The third-order valence-electron chi connectivity index (χ3n) is 5.26. The van der Waals surface area contributed by atoms with Crippen molar-refractivity contribution in [1.82, 2.24) is 9.21 Å². The lowest BCUT2D eigenvalue weighted by Gasteiger charge is -2.34. The van der Waals surface area contributed by atoms with Gasteiger partial charge >= 0.3 is 5.69 Å². The quantitative estimate of drug-likeness (QED) is 0.529. The van der Waals surface area contributed by atoms with Gasteiger partial charge in [-0.2, -0.15) is 4.31 Å². The highest BCUT2D eigenvalue weighted by Crippen LogP contribution is 2.28. The number of ether oxygens (including phenoxy) is 1. The van der Waals surface area contributed by atoms with Crippen LogP contribution in [0.25, 0.3) is 0 Å². The number of hydrogen-bond donors (Lipinski definition) is 0. The number of nitro groups is 1. The zero-order valence-corrected chi connectivity index (χ0v) is 17.8. The zero-order valence-electron chi connectivity index (χ0n) is 17.0. The largest absolute Gasteiger partial charge is 0.490 e. The highest BCUT2D eigenvalue weighted by atomic mass is 32.2. The molecule has 3 rings (SSSR count). The van der Waals surface area contributed by atoms with E-state index < -0.39 is 14.9 Å². The van der Waals surface area contributed by atoms with Gasteiger partial charge in [-0.05, 0) is 49.2 Å². The SMILES string of the molecule is COc1ccc(C(=O)N2CCN(S(=O)(=O)c3ccc(C)c(C)c3)CC2)cc1[N+](=O)[O-]. The van der Waals surface area contributed by atoms with Gasteiger partial charge < -0.3 is 9.64 Å². The second-order valence-corrected chi connectivity index (χ2v) is 9.02. The fourth-order valence-electron chi connectivity index (χ4n) is 3.30. The van der Waals surface area contributed by atoms with E-state index in [-0.39, 0.29) is 54.0 Å². The molecule has 30 heavy (non-hydrogen) atoms. The van der Waals surface area contributed by atoms with Crippen molar-refractivity contribution in [3.63, 3.8) is 0 Å². The van der Waals surface area contributed by atoms with Crippen molar-refractivity contribution in [2.24, 2.45) is 0 Å². The van der Waals surface area contributed by atoms with Crippen LogP contribution in [-0.2, 0) is 10.0 Å². The number of rotatable bonds is 5. The molecule has 0 aliphatic carbocycles. The van der Waals surface area contributed by atoms with Crippen LogP contribution in [0.15, 0.2) is 41.3 Å². The predicted octanol–water partition coefficient (Wildman–Crippen LogP) is 2.37. The molecule has 2 aromatic rings. The van der Waals surface area contributed by atoms with Gasteiger partial charge in [0.25, 0.3) is 5.91 Å². The van der Waals surface area contributed by atoms with Crippen LogP contribution in [-0.4, -0.2) is 61.7 Å². The Balaban J connectivity index is 1.73. The highest BCUT2D eigenvalue weighted by Gasteiger charge is 2.31. The molecule has 1 aliphatic heterocycles. The smallest absolute Gasteiger partial charge is 0.311 e. The third kappa shape index (κ3) is 4.14. The summed E-state index contributed by atoms with van der Waals surface area (Å²) >= 11 is 0. The molecule has 2 aromatic carbocycles. The Morgan fingerprint density at radius 3 is 2.27 bits per heavy atom.